The van der Waals surface area contributed by atoms with Crippen molar-refractivity contribution < 1.29 is 13.2 Å². The van der Waals surface area contributed by atoms with Crippen molar-refractivity contribution in [3.05, 3.63) is 95.8 Å². The minimum atomic E-state index is -0.623. The first kappa shape index (κ1) is 18.3. The zero-order valence-electron chi connectivity index (χ0n) is 15.5. The van der Waals surface area contributed by atoms with Crippen LogP contribution in [0.15, 0.2) is 72.8 Å². The fourth-order valence-electron chi connectivity index (χ4n) is 3.57. The van der Waals surface area contributed by atoms with Crippen molar-refractivity contribution in [2.45, 2.75) is 19.8 Å². The molecule has 0 saturated heterocycles. The van der Waals surface area contributed by atoms with Gasteiger partial charge in [-0.2, -0.15) is 0 Å². The molecule has 28 heavy (non-hydrogen) atoms. The van der Waals surface area contributed by atoms with Crippen LogP contribution in [-0.2, 0) is 6.42 Å². The zero-order chi connectivity index (χ0) is 19.7. The second kappa shape index (κ2) is 7.51. The molecule has 4 aromatic rings. The third kappa shape index (κ3) is 3.53. The van der Waals surface area contributed by atoms with Gasteiger partial charge in [0.2, 0.25) is 0 Å². The van der Waals surface area contributed by atoms with Gasteiger partial charge in [-0.05, 0) is 46.2 Å². The Morgan fingerprint density at radius 3 is 2.00 bits per heavy atom. The van der Waals surface area contributed by atoms with Crippen molar-refractivity contribution in [3.8, 4) is 22.3 Å². The van der Waals surface area contributed by atoms with Crippen molar-refractivity contribution in [3.63, 3.8) is 0 Å². The van der Waals surface area contributed by atoms with Crippen LogP contribution in [0.4, 0.5) is 13.2 Å². The lowest BCUT2D eigenvalue weighted by molar-refractivity contribution is 0.584. The number of halogens is 3. The van der Waals surface area contributed by atoms with E-state index < -0.39 is 11.6 Å². The molecule has 0 unspecified atom stereocenters. The van der Waals surface area contributed by atoms with Gasteiger partial charge in [-0.15, -0.1) is 0 Å². The number of hydrogen-bond acceptors (Lipinski definition) is 0. The molecule has 140 valence electrons. The van der Waals surface area contributed by atoms with Crippen molar-refractivity contribution in [2.24, 2.45) is 0 Å². The van der Waals surface area contributed by atoms with Crippen LogP contribution in [0.1, 0.15) is 18.9 Å². The third-order valence-corrected chi connectivity index (χ3v) is 4.95. The van der Waals surface area contributed by atoms with Crippen LogP contribution in [0, 0.1) is 17.5 Å². The summed E-state index contributed by atoms with van der Waals surface area (Å²) in [6, 6.07) is 20.0. The molecular weight excluding hydrogens is 357 g/mol. The van der Waals surface area contributed by atoms with Crippen LogP contribution in [0.3, 0.4) is 0 Å². The maximum atomic E-state index is 15.1. The molecule has 0 aliphatic rings. The van der Waals surface area contributed by atoms with Crippen molar-refractivity contribution in [1.82, 2.24) is 0 Å². The molecule has 0 atom stereocenters. The van der Waals surface area contributed by atoms with E-state index in [9.17, 15) is 8.78 Å². The lowest BCUT2D eigenvalue weighted by Gasteiger charge is -2.10. The van der Waals surface area contributed by atoms with Gasteiger partial charge in [-0.3, -0.25) is 0 Å². The molecule has 0 aliphatic heterocycles. The van der Waals surface area contributed by atoms with E-state index in [-0.39, 0.29) is 5.82 Å². The highest BCUT2D eigenvalue weighted by Crippen LogP contribution is 2.31. The molecule has 3 heteroatoms. The smallest absolute Gasteiger partial charge is 0.138 e. The average molecular weight is 376 g/mol. The molecule has 0 radical (unpaired) electrons. The molecule has 0 N–H and O–H groups in total. The van der Waals surface area contributed by atoms with E-state index in [0.29, 0.717) is 22.1 Å². The van der Waals surface area contributed by atoms with Gasteiger partial charge >= 0.3 is 0 Å². The van der Waals surface area contributed by atoms with Gasteiger partial charge in [-0.25, -0.2) is 13.2 Å². The Morgan fingerprint density at radius 2 is 1.32 bits per heavy atom. The molecule has 4 rings (SSSR count). The number of rotatable bonds is 4. The largest absolute Gasteiger partial charge is 0.207 e. The Balaban J connectivity index is 1.71. The predicted octanol–water partition coefficient (Wildman–Crippen LogP) is 7.54. The van der Waals surface area contributed by atoms with Crippen LogP contribution < -0.4 is 0 Å². The van der Waals surface area contributed by atoms with Crippen LogP contribution in [-0.4, -0.2) is 0 Å². The summed E-state index contributed by atoms with van der Waals surface area (Å²) in [5.74, 6) is -1.51. The number of fused-ring (bicyclic) bond motifs is 1. The van der Waals surface area contributed by atoms with Crippen LogP contribution in [0.2, 0.25) is 0 Å². The first-order chi connectivity index (χ1) is 13.5. The summed E-state index contributed by atoms with van der Waals surface area (Å²) in [6.07, 6.45) is 2.02. The zero-order valence-corrected chi connectivity index (χ0v) is 15.5. The summed E-state index contributed by atoms with van der Waals surface area (Å²) in [5, 5.41) is 1.48. The summed E-state index contributed by atoms with van der Waals surface area (Å²) in [4.78, 5) is 0. The standard InChI is InChI=1S/C25H19F3/c1-2-3-16-4-10-24-19(12-16)9-11-23(25(24)28)18-7-5-17(6-8-18)20-13-21(26)15-22(27)14-20/h4-15H,2-3H2,1H3. The maximum Gasteiger partial charge on any atom is 0.138 e. The summed E-state index contributed by atoms with van der Waals surface area (Å²) in [7, 11) is 0. The van der Waals surface area contributed by atoms with Gasteiger partial charge in [0.05, 0.1) is 0 Å². The van der Waals surface area contributed by atoms with E-state index in [1.165, 1.54) is 17.7 Å². The summed E-state index contributed by atoms with van der Waals surface area (Å²) < 4.78 is 42.0. The SMILES string of the molecule is CCCc1ccc2c(F)c(-c3ccc(-c4cc(F)cc(F)c4)cc3)ccc2c1. The summed E-state index contributed by atoms with van der Waals surface area (Å²) in [6.45, 7) is 2.12. The second-order valence-corrected chi connectivity index (χ2v) is 6.97. The van der Waals surface area contributed by atoms with Crippen molar-refractivity contribution >= 4 is 10.8 Å². The summed E-state index contributed by atoms with van der Waals surface area (Å²) >= 11 is 0. The van der Waals surface area contributed by atoms with Gasteiger partial charge in [0.25, 0.3) is 0 Å². The van der Waals surface area contributed by atoms with Gasteiger partial charge in [-0.1, -0.05) is 67.9 Å². The Kier molecular flexibility index (Phi) is 4.91. The van der Waals surface area contributed by atoms with E-state index in [4.69, 9.17) is 0 Å². The van der Waals surface area contributed by atoms with E-state index in [2.05, 4.69) is 6.92 Å². The molecule has 0 fully saturated rings. The lowest BCUT2D eigenvalue weighted by atomic mass is 9.96. The van der Waals surface area contributed by atoms with Crippen LogP contribution in [0.5, 0.6) is 0 Å². The Bertz CT molecular complexity index is 1120. The fourth-order valence-corrected chi connectivity index (χ4v) is 3.57. The Morgan fingerprint density at radius 1 is 0.643 bits per heavy atom. The normalized spacial score (nSPS) is 11.1. The molecule has 0 amide bonds. The van der Waals surface area contributed by atoms with E-state index in [1.54, 1.807) is 30.3 Å². The predicted molar refractivity (Wildman–Crippen MR) is 109 cm³/mol. The Labute approximate surface area is 162 Å². The van der Waals surface area contributed by atoms with Gasteiger partial charge < -0.3 is 0 Å². The molecule has 0 nitrogen and oxygen atoms in total. The highest BCUT2D eigenvalue weighted by atomic mass is 19.1. The molecule has 0 spiro atoms. The van der Waals surface area contributed by atoms with Crippen LogP contribution in [0.25, 0.3) is 33.0 Å². The second-order valence-electron chi connectivity index (χ2n) is 6.97. The number of benzene rings is 4. The lowest BCUT2D eigenvalue weighted by Crippen LogP contribution is -1.90. The number of hydrogen-bond donors (Lipinski definition) is 0. The molecule has 0 saturated carbocycles. The molecule has 0 aromatic heterocycles. The quantitative estimate of drug-likeness (QED) is 0.345. The molecule has 0 heterocycles. The third-order valence-electron chi connectivity index (χ3n) is 4.95. The Hall–Kier alpha value is -3.07. The monoisotopic (exact) mass is 376 g/mol. The molecule has 4 aromatic carbocycles. The first-order valence-corrected chi connectivity index (χ1v) is 9.33. The highest BCUT2D eigenvalue weighted by Gasteiger charge is 2.11. The summed E-state index contributed by atoms with van der Waals surface area (Å²) in [5.41, 5.74) is 3.55. The topological polar surface area (TPSA) is 0 Å². The maximum absolute atomic E-state index is 15.1. The first-order valence-electron chi connectivity index (χ1n) is 9.33. The average Bonchev–Trinajstić information content (AvgIpc) is 2.68. The molecule has 0 aliphatic carbocycles. The number of aryl methyl sites for hydroxylation is 1. The van der Waals surface area contributed by atoms with Crippen molar-refractivity contribution in [1.29, 1.82) is 0 Å². The van der Waals surface area contributed by atoms with Gasteiger partial charge in [0.15, 0.2) is 0 Å². The fraction of sp³-hybridized carbons (Fsp3) is 0.120. The van der Waals surface area contributed by atoms with E-state index in [1.807, 2.05) is 24.3 Å². The minimum absolute atomic E-state index is 0.259. The van der Waals surface area contributed by atoms with E-state index >= 15 is 4.39 Å². The van der Waals surface area contributed by atoms with E-state index in [0.717, 1.165) is 29.9 Å². The molecular formula is C25H19F3. The van der Waals surface area contributed by atoms with Crippen LogP contribution >= 0.6 is 0 Å². The van der Waals surface area contributed by atoms with Gasteiger partial charge in [0, 0.05) is 17.0 Å². The molecule has 0 bridgehead atoms. The van der Waals surface area contributed by atoms with Crippen molar-refractivity contribution in [2.75, 3.05) is 0 Å². The highest BCUT2D eigenvalue weighted by molar-refractivity contribution is 5.89. The minimum Gasteiger partial charge on any atom is -0.207 e. The van der Waals surface area contributed by atoms with Gasteiger partial charge in [0.1, 0.15) is 17.5 Å².